The second-order valence-electron chi connectivity index (χ2n) is 3.57. The van der Waals surface area contributed by atoms with Gasteiger partial charge in [-0.15, -0.1) is 0 Å². The number of hydrogen-bond donors (Lipinski definition) is 3. The van der Waals surface area contributed by atoms with E-state index in [1.54, 1.807) is 0 Å². The van der Waals surface area contributed by atoms with Crippen molar-refractivity contribution in [2.24, 2.45) is 0 Å². The number of rotatable bonds is 8. The maximum Gasteiger partial charge on any atom is 0.219 e. The molecule has 0 saturated carbocycles. The minimum Gasteiger partial charge on any atom is -0.396 e. The summed E-state index contributed by atoms with van der Waals surface area (Å²) in [6.07, 6.45) is 5.03. The summed E-state index contributed by atoms with van der Waals surface area (Å²) < 4.78 is 0. The van der Waals surface area contributed by atoms with Gasteiger partial charge in [0.25, 0.3) is 0 Å². The molecule has 90 valence electrons. The van der Waals surface area contributed by atoms with Crippen molar-refractivity contribution >= 4 is 5.91 Å². The van der Waals surface area contributed by atoms with Crippen LogP contribution in [0.1, 0.15) is 31.5 Å². The molecule has 0 spiro atoms. The molecule has 6 heteroatoms. The van der Waals surface area contributed by atoms with Crippen molar-refractivity contribution < 1.29 is 9.90 Å². The van der Waals surface area contributed by atoms with Crippen molar-refractivity contribution in [3.8, 4) is 0 Å². The summed E-state index contributed by atoms with van der Waals surface area (Å²) in [6.45, 7) is 0.803. The highest BCUT2D eigenvalue weighted by atomic mass is 16.2. The topological polar surface area (TPSA) is 90.9 Å². The van der Waals surface area contributed by atoms with Crippen molar-refractivity contribution in [1.29, 1.82) is 0 Å². The van der Waals surface area contributed by atoms with Gasteiger partial charge in [0, 0.05) is 26.0 Å². The zero-order chi connectivity index (χ0) is 11.6. The number of H-pyrrole nitrogens is 1. The highest BCUT2D eigenvalue weighted by Crippen LogP contribution is 1.95. The lowest BCUT2D eigenvalue weighted by atomic mass is 10.2. The van der Waals surface area contributed by atoms with Crippen LogP contribution in [-0.4, -0.2) is 39.3 Å². The fourth-order valence-corrected chi connectivity index (χ4v) is 1.32. The molecule has 0 atom stereocenters. The molecule has 16 heavy (non-hydrogen) atoms. The largest absolute Gasteiger partial charge is 0.396 e. The van der Waals surface area contributed by atoms with Crippen molar-refractivity contribution in [3.05, 3.63) is 12.2 Å². The minimum absolute atomic E-state index is 0.0472. The Labute approximate surface area is 94.5 Å². The second-order valence-corrected chi connectivity index (χ2v) is 3.57. The Morgan fingerprint density at radius 2 is 2.31 bits per heavy atom. The number of aliphatic hydroxyl groups excluding tert-OH is 1. The molecule has 0 saturated heterocycles. The SMILES string of the molecule is O=C(CCCCO)NCCCc1ncn[nH]1. The molecule has 0 fully saturated rings. The van der Waals surface area contributed by atoms with Gasteiger partial charge in [-0.05, 0) is 19.3 Å². The van der Waals surface area contributed by atoms with Crippen LogP contribution in [0.2, 0.25) is 0 Å². The summed E-state index contributed by atoms with van der Waals surface area (Å²) in [5.41, 5.74) is 0. The fourth-order valence-electron chi connectivity index (χ4n) is 1.32. The number of aliphatic hydroxyl groups is 1. The van der Waals surface area contributed by atoms with Crippen LogP contribution in [-0.2, 0) is 11.2 Å². The Morgan fingerprint density at radius 3 is 3.00 bits per heavy atom. The fraction of sp³-hybridized carbons (Fsp3) is 0.700. The number of nitrogens with zero attached hydrogens (tertiary/aromatic N) is 2. The lowest BCUT2D eigenvalue weighted by Crippen LogP contribution is -2.24. The minimum atomic E-state index is 0.0472. The number of aromatic amines is 1. The molecule has 0 bridgehead atoms. The number of amides is 1. The van der Waals surface area contributed by atoms with Gasteiger partial charge in [-0.25, -0.2) is 4.98 Å². The number of hydrogen-bond acceptors (Lipinski definition) is 4. The Kier molecular flexibility index (Phi) is 6.17. The Bertz CT molecular complexity index is 287. The van der Waals surface area contributed by atoms with Gasteiger partial charge in [-0.2, -0.15) is 5.10 Å². The average Bonchev–Trinajstić information content (AvgIpc) is 2.78. The molecule has 0 aromatic carbocycles. The molecule has 0 aliphatic rings. The summed E-state index contributed by atoms with van der Waals surface area (Å²) in [6, 6.07) is 0. The first-order valence-electron chi connectivity index (χ1n) is 5.54. The maximum absolute atomic E-state index is 11.3. The highest BCUT2D eigenvalue weighted by molar-refractivity contribution is 5.75. The van der Waals surface area contributed by atoms with Gasteiger partial charge in [-0.1, -0.05) is 0 Å². The third-order valence-corrected chi connectivity index (χ3v) is 2.19. The third kappa shape index (κ3) is 5.45. The van der Waals surface area contributed by atoms with E-state index < -0.39 is 0 Å². The Balaban J connectivity index is 1.96. The average molecular weight is 226 g/mol. The zero-order valence-electron chi connectivity index (χ0n) is 9.28. The lowest BCUT2D eigenvalue weighted by molar-refractivity contribution is -0.121. The van der Waals surface area contributed by atoms with E-state index >= 15 is 0 Å². The monoisotopic (exact) mass is 226 g/mol. The summed E-state index contributed by atoms with van der Waals surface area (Å²) in [5.74, 6) is 0.889. The van der Waals surface area contributed by atoms with Crippen molar-refractivity contribution in [2.45, 2.75) is 32.1 Å². The molecule has 1 amide bonds. The first kappa shape index (κ1) is 12.6. The summed E-state index contributed by atoms with van der Waals surface area (Å²) in [4.78, 5) is 15.2. The standard InChI is InChI=1S/C10H18N4O2/c15-7-2-1-5-10(16)11-6-3-4-9-12-8-13-14-9/h8,15H,1-7H2,(H,11,16)(H,12,13,14). The molecule has 1 heterocycles. The first-order valence-corrected chi connectivity index (χ1v) is 5.54. The zero-order valence-corrected chi connectivity index (χ0v) is 9.28. The van der Waals surface area contributed by atoms with E-state index in [-0.39, 0.29) is 12.5 Å². The summed E-state index contributed by atoms with van der Waals surface area (Å²) >= 11 is 0. The van der Waals surface area contributed by atoms with Crippen LogP contribution in [0.25, 0.3) is 0 Å². The van der Waals surface area contributed by atoms with Crippen LogP contribution in [0.4, 0.5) is 0 Å². The molecule has 1 rings (SSSR count). The molecule has 6 nitrogen and oxygen atoms in total. The van der Waals surface area contributed by atoms with E-state index in [0.717, 1.165) is 25.1 Å². The van der Waals surface area contributed by atoms with Gasteiger partial charge in [-0.3, -0.25) is 9.89 Å². The van der Waals surface area contributed by atoms with Gasteiger partial charge in [0.15, 0.2) is 0 Å². The Hall–Kier alpha value is -1.43. The maximum atomic E-state index is 11.3. The third-order valence-electron chi connectivity index (χ3n) is 2.19. The van der Waals surface area contributed by atoms with Crippen molar-refractivity contribution in [1.82, 2.24) is 20.5 Å². The normalized spacial score (nSPS) is 10.3. The van der Waals surface area contributed by atoms with Crippen LogP contribution in [0.5, 0.6) is 0 Å². The molecule has 3 N–H and O–H groups in total. The second kappa shape index (κ2) is 7.81. The molecule has 0 unspecified atom stereocenters. The van der Waals surface area contributed by atoms with E-state index in [2.05, 4.69) is 20.5 Å². The molecule has 0 aliphatic heterocycles. The molecule has 0 radical (unpaired) electrons. The van der Waals surface area contributed by atoms with E-state index in [1.807, 2.05) is 0 Å². The van der Waals surface area contributed by atoms with Crippen LogP contribution in [0, 0.1) is 0 Å². The summed E-state index contributed by atoms with van der Waals surface area (Å²) in [5, 5.41) is 17.9. The van der Waals surface area contributed by atoms with Crippen LogP contribution in [0.3, 0.4) is 0 Å². The number of aryl methyl sites for hydroxylation is 1. The molecule has 0 aliphatic carbocycles. The molecule has 1 aromatic heterocycles. The number of nitrogens with one attached hydrogen (secondary N) is 2. The van der Waals surface area contributed by atoms with E-state index in [9.17, 15) is 4.79 Å². The van der Waals surface area contributed by atoms with Crippen molar-refractivity contribution in [3.63, 3.8) is 0 Å². The van der Waals surface area contributed by atoms with E-state index in [4.69, 9.17) is 5.11 Å². The molecule has 1 aromatic rings. The summed E-state index contributed by atoms with van der Waals surface area (Å²) in [7, 11) is 0. The smallest absolute Gasteiger partial charge is 0.219 e. The number of carbonyl (C=O) groups is 1. The predicted octanol–water partition coefficient (Wildman–Crippen LogP) is 0.0161. The molecular formula is C10H18N4O2. The van der Waals surface area contributed by atoms with Gasteiger partial charge in [0.1, 0.15) is 12.2 Å². The van der Waals surface area contributed by atoms with Gasteiger partial charge in [0.2, 0.25) is 5.91 Å². The number of carbonyl (C=O) groups excluding carboxylic acids is 1. The predicted molar refractivity (Wildman–Crippen MR) is 58.7 cm³/mol. The number of aromatic nitrogens is 3. The van der Waals surface area contributed by atoms with Crippen LogP contribution >= 0.6 is 0 Å². The van der Waals surface area contributed by atoms with E-state index in [0.29, 0.717) is 19.4 Å². The van der Waals surface area contributed by atoms with Crippen molar-refractivity contribution in [2.75, 3.05) is 13.2 Å². The van der Waals surface area contributed by atoms with Crippen LogP contribution in [0.15, 0.2) is 6.33 Å². The number of unbranched alkanes of at least 4 members (excludes halogenated alkanes) is 1. The van der Waals surface area contributed by atoms with E-state index in [1.165, 1.54) is 6.33 Å². The van der Waals surface area contributed by atoms with Gasteiger partial charge < -0.3 is 10.4 Å². The van der Waals surface area contributed by atoms with Crippen LogP contribution < -0.4 is 5.32 Å². The lowest BCUT2D eigenvalue weighted by Gasteiger charge is -2.03. The molecular weight excluding hydrogens is 208 g/mol. The highest BCUT2D eigenvalue weighted by Gasteiger charge is 2.00. The van der Waals surface area contributed by atoms with Gasteiger partial charge in [0.05, 0.1) is 0 Å². The first-order chi connectivity index (χ1) is 7.83. The van der Waals surface area contributed by atoms with Gasteiger partial charge >= 0.3 is 0 Å². The quantitative estimate of drug-likeness (QED) is 0.545. The Morgan fingerprint density at radius 1 is 1.44 bits per heavy atom.